The minimum atomic E-state index is -0.614. The molecule has 0 aromatic heterocycles. The molecule has 2 aliphatic rings. The molecule has 76 valence electrons. The van der Waals surface area contributed by atoms with Crippen LogP contribution in [0.2, 0.25) is 0 Å². The van der Waals surface area contributed by atoms with E-state index in [1.807, 2.05) is 0 Å². The fraction of sp³-hybridized carbons (Fsp3) is 0.600. The van der Waals surface area contributed by atoms with Gasteiger partial charge in [-0.25, -0.2) is 0 Å². The number of hydrogen-bond acceptors (Lipinski definition) is 2. The first-order chi connectivity index (χ1) is 6.70. The Balaban J connectivity index is 2.34. The van der Waals surface area contributed by atoms with Gasteiger partial charge in [-0.15, -0.1) is 6.58 Å². The first kappa shape index (κ1) is 9.24. The van der Waals surface area contributed by atoms with Gasteiger partial charge in [0.1, 0.15) is 5.54 Å². The topological polar surface area (TPSA) is 49.4 Å². The maximum absolute atomic E-state index is 11.8. The number of hydrogen-bond donors (Lipinski definition) is 1. The van der Waals surface area contributed by atoms with Crippen LogP contribution in [0.25, 0.3) is 0 Å². The molecule has 0 bridgehead atoms. The Hall–Kier alpha value is -1.32. The first-order valence-electron chi connectivity index (χ1n) is 4.90. The molecule has 4 heteroatoms. The van der Waals surface area contributed by atoms with E-state index >= 15 is 0 Å². The molecule has 2 heterocycles. The van der Waals surface area contributed by atoms with Gasteiger partial charge in [0, 0.05) is 6.54 Å². The van der Waals surface area contributed by atoms with Crippen molar-refractivity contribution in [2.24, 2.45) is 0 Å². The van der Waals surface area contributed by atoms with Gasteiger partial charge in [0.15, 0.2) is 0 Å². The van der Waals surface area contributed by atoms with Crippen molar-refractivity contribution in [1.82, 2.24) is 10.2 Å². The van der Waals surface area contributed by atoms with Gasteiger partial charge in [-0.2, -0.15) is 0 Å². The molecule has 1 N–H and O–H groups in total. The highest BCUT2D eigenvalue weighted by atomic mass is 16.2. The summed E-state index contributed by atoms with van der Waals surface area (Å²) >= 11 is 0. The zero-order valence-electron chi connectivity index (χ0n) is 8.08. The number of rotatable bonds is 2. The summed E-state index contributed by atoms with van der Waals surface area (Å²) in [6, 6.07) is 0. The number of nitrogens with zero attached hydrogens (tertiary/aromatic N) is 1. The Morgan fingerprint density at radius 1 is 1.57 bits per heavy atom. The standard InChI is InChI=1S/C10H14N2O2/c1-2-4-10-5-3-6-12(10)8(13)7-11-9(10)14/h2H,1,3-7H2,(H,11,14)/t10-/m1/s1. The quantitative estimate of drug-likeness (QED) is 0.632. The van der Waals surface area contributed by atoms with Gasteiger partial charge >= 0.3 is 0 Å². The zero-order valence-corrected chi connectivity index (χ0v) is 8.08. The summed E-state index contributed by atoms with van der Waals surface area (Å²) in [5, 5.41) is 2.65. The van der Waals surface area contributed by atoms with E-state index in [1.165, 1.54) is 0 Å². The third kappa shape index (κ3) is 1.06. The maximum atomic E-state index is 11.8. The predicted octanol–water partition coefficient (Wildman–Crippen LogP) is 0.0535. The molecule has 0 aromatic rings. The molecule has 1 atom stereocenters. The van der Waals surface area contributed by atoms with E-state index in [1.54, 1.807) is 11.0 Å². The normalized spacial score (nSPS) is 31.3. The van der Waals surface area contributed by atoms with Gasteiger partial charge in [-0.3, -0.25) is 9.59 Å². The van der Waals surface area contributed by atoms with Crippen LogP contribution < -0.4 is 5.32 Å². The van der Waals surface area contributed by atoms with Crippen molar-refractivity contribution in [2.45, 2.75) is 24.8 Å². The molecular formula is C10H14N2O2. The molecule has 2 amide bonds. The van der Waals surface area contributed by atoms with Crippen LogP contribution in [-0.4, -0.2) is 35.3 Å². The number of amides is 2. The van der Waals surface area contributed by atoms with E-state index < -0.39 is 5.54 Å². The number of carbonyl (C=O) groups excluding carboxylic acids is 2. The number of nitrogens with one attached hydrogen (secondary N) is 1. The van der Waals surface area contributed by atoms with Crippen LogP contribution in [-0.2, 0) is 9.59 Å². The molecule has 0 saturated carbocycles. The fourth-order valence-electron chi connectivity index (χ4n) is 2.44. The predicted molar refractivity (Wildman–Crippen MR) is 51.5 cm³/mol. The largest absolute Gasteiger partial charge is 0.345 e. The second kappa shape index (κ2) is 3.12. The van der Waals surface area contributed by atoms with Crippen LogP contribution in [0.4, 0.5) is 0 Å². The molecule has 0 spiro atoms. The van der Waals surface area contributed by atoms with Gasteiger partial charge in [0.25, 0.3) is 0 Å². The van der Waals surface area contributed by atoms with E-state index in [-0.39, 0.29) is 18.4 Å². The Morgan fingerprint density at radius 3 is 3.07 bits per heavy atom. The lowest BCUT2D eigenvalue weighted by Gasteiger charge is -2.40. The Labute approximate surface area is 83.0 Å². The van der Waals surface area contributed by atoms with Crippen molar-refractivity contribution in [1.29, 1.82) is 0 Å². The molecule has 4 nitrogen and oxygen atoms in total. The average Bonchev–Trinajstić information content (AvgIpc) is 2.58. The molecule has 2 saturated heterocycles. The summed E-state index contributed by atoms with van der Waals surface area (Å²) in [5.74, 6) is 0.0125. The average molecular weight is 194 g/mol. The van der Waals surface area contributed by atoms with Crippen molar-refractivity contribution in [3.05, 3.63) is 12.7 Å². The van der Waals surface area contributed by atoms with E-state index in [4.69, 9.17) is 0 Å². The maximum Gasteiger partial charge on any atom is 0.246 e. The van der Waals surface area contributed by atoms with Crippen molar-refractivity contribution in [2.75, 3.05) is 13.1 Å². The third-order valence-electron chi connectivity index (χ3n) is 3.09. The van der Waals surface area contributed by atoms with Gasteiger partial charge in [-0.05, 0) is 19.3 Å². The molecule has 0 unspecified atom stereocenters. The lowest BCUT2D eigenvalue weighted by Crippen LogP contribution is -2.64. The molecule has 0 radical (unpaired) electrons. The summed E-state index contributed by atoms with van der Waals surface area (Å²) in [4.78, 5) is 25.1. The second-order valence-electron chi connectivity index (χ2n) is 3.86. The zero-order chi connectivity index (χ0) is 10.2. The molecule has 14 heavy (non-hydrogen) atoms. The van der Waals surface area contributed by atoms with E-state index in [9.17, 15) is 9.59 Å². The van der Waals surface area contributed by atoms with Crippen LogP contribution in [0.15, 0.2) is 12.7 Å². The summed E-state index contributed by atoms with van der Waals surface area (Å²) in [6.07, 6.45) is 3.95. The number of fused-ring (bicyclic) bond motifs is 1. The summed E-state index contributed by atoms with van der Waals surface area (Å²) in [6.45, 7) is 4.51. The summed E-state index contributed by atoms with van der Waals surface area (Å²) in [5.41, 5.74) is -0.614. The fourth-order valence-corrected chi connectivity index (χ4v) is 2.44. The molecule has 2 rings (SSSR count). The first-order valence-corrected chi connectivity index (χ1v) is 4.90. The molecule has 0 aliphatic carbocycles. The van der Waals surface area contributed by atoms with Gasteiger partial charge in [0.2, 0.25) is 11.8 Å². The van der Waals surface area contributed by atoms with E-state index in [2.05, 4.69) is 11.9 Å². The monoisotopic (exact) mass is 194 g/mol. The van der Waals surface area contributed by atoms with Crippen LogP contribution in [0.5, 0.6) is 0 Å². The highest BCUT2D eigenvalue weighted by Gasteiger charge is 2.51. The number of piperazine rings is 1. The molecule has 0 aromatic carbocycles. The lowest BCUT2D eigenvalue weighted by molar-refractivity contribution is -0.150. The SMILES string of the molecule is C=CC[C@]12CCCN1C(=O)CNC2=O. The number of carbonyl (C=O) groups is 2. The van der Waals surface area contributed by atoms with Crippen LogP contribution in [0, 0.1) is 0 Å². The highest BCUT2D eigenvalue weighted by Crippen LogP contribution is 2.34. The Bertz CT molecular complexity index is 300. The molecule has 2 aliphatic heterocycles. The summed E-state index contributed by atoms with van der Waals surface area (Å²) in [7, 11) is 0. The Morgan fingerprint density at radius 2 is 2.36 bits per heavy atom. The van der Waals surface area contributed by atoms with Gasteiger partial charge < -0.3 is 10.2 Å². The molecular weight excluding hydrogens is 180 g/mol. The minimum absolute atomic E-state index is 0.0190. The van der Waals surface area contributed by atoms with E-state index in [0.29, 0.717) is 13.0 Å². The van der Waals surface area contributed by atoms with Crippen LogP contribution in [0.3, 0.4) is 0 Å². The highest BCUT2D eigenvalue weighted by molar-refractivity contribution is 5.98. The minimum Gasteiger partial charge on any atom is -0.345 e. The van der Waals surface area contributed by atoms with Crippen molar-refractivity contribution in [3.8, 4) is 0 Å². The third-order valence-corrected chi connectivity index (χ3v) is 3.09. The van der Waals surface area contributed by atoms with Gasteiger partial charge in [0.05, 0.1) is 6.54 Å². The van der Waals surface area contributed by atoms with Gasteiger partial charge in [-0.1, -0.05) is 6.08 Å². The lowest BCUT2D eigenvalue weighted by atomic mass is 9.89. The molecule has 2 fully saturated rings. The van der Waals surface area contributed by atoms with Crippen molar-refractivity contribution in [3.63, 3.8) is 0 Å². The summed E-state index contributed by atoms with van der Waals surface area (Å²) < 4.78 is 0. The van der Waals surface area contributed by atoms with Crippen LogP contribution >= 0.6 is 0 Å². The van der Waals surface area contributed by atoms with E-state index in [0.717, 1.165) is 12.8 Å². The van der Waals surface area contributed by atoms with Crippen LogP contribution in [0.1, 0.15) is 19.3 Å². The second-order valence-corrected chi connectivity index (χ2v) is 3.86. The van der Waals surface area contributed by atoms with Crippen molar-refractivity contribution < 1.29 is 9.59 Å². The van der Waals surface area contributed by atoms with Crippen molar-refractivity contribution >= 4 is 11.8 Å². The Kier molecular flexibility index (Phi) is 2.06. The smallest absolute Gasteiger partial charge is 0.246 e.